The fourth-order valence-corrected chi connectivity index (χ4v) is 9.48. The number of ether oxygens (including phenoxy) is 1. The van der Waals surface area contributed by atoms with Crippen molar-refractivity contribution in [3.63, 3.8) is 0 Å². The lowest BCUT2D eigenvalue weighted by Gasteiger charge is -2.58. The van der Waals surface area contributed by atoms with Gasteiger partial charge in [0.1, 0.15) is 6.10 Å². The SMILES string of the molecule is CC(C)CCCC(C)C1CCC2C3CC=C4CC(OC(=O)N5C=NCC5)CCC4(C)C3CCC12C. The number of aliphatic imine (C=N–C) groups is 1. The summed E-state index contributed by atoms with van der Waals surface area (Å²) in [7, 11) is 0. The van der Waals surface area contributed by atoms with Crippen molar-refractivity contribution in [3.05, 3.63) is 11.6 Å². The molecule has 0 aromatic carbocycles. The monoisotopic (exact) mass is 482 g/mol. The second-order valence-electron chi connectivity index (χ2n) is 13.8. The molecule has 0 aromatic heterocycles. The van der Waals surface area contributed by atoms with E-state index < -0.39 is 0 Å². The third-order valence-corrected chi connectivity index (χ3v) is 11.5. The van der Waals surface area contributed by atoms with E-state index in [2.05, 4.69) is 45.7 Å². The molecule has 1 amide bonds. The van der Waals surface area contributed by atoms with Crippen molar-refractivity contribution in [1.82, 2.24) is 4.90 Å². The molecule has 4 nitrogen and oxygen atoms in total. The highest BCUT2D eigenvalue weighted by Crippen LogP contribution is 2.67. The van der Waals surface area contributed by atoms with Crippen LogP contribution in [0.15, 0.2) is 16.6 Å². The first-order valence-electron chi connectivity index (χ1n) is 14.9. The van der Waals surface area contributed by atoms with Gasteiger partial charge in [0, 0.05) is 13.0 Å². The predicted molar refractivity (Wildman–Crippen MR) is 143 cm³/mol. The molecule has 0 radical (unpaired) electrons. The van der Waals surface area contributed by atoms with E-state index in [9.17, 15) is 4.79 Å². The topological polar surface area (TPSA) is 41.9 Å². The second-order valence-corrected chi connectivity index (χ2v) is 13.8. The molecular weight excluding hydrogens is 432 g/mol. The van der Waals surface area contributed by atoms with Gasteiger partial charge < -0.3 is 4.74 Å². The van der Waals surface area contributed by atoms with Crippen molar-refractivity contribution in [2.75, 3.05) is 13.1 Å². The molecule has 4 aliphatic carbocycles. The second kappa shape index (κ2) is 9.86. The molecule has 5 rings (SSSR count). The number of hydrogen-bond acceptors (Lipinski definition) is 3. The van der Waals surface area contributed by atoms with Gasteiger partial charge in [0.05, 0.1) is 12.9 Å². The third-order valence-electron chi connectivity index (χ3n) is 11.5. The Morgan fingerprint density at radius 2 is 1.94 bits per heavy atom. The molecule has 1 heterocycles. The van der Waals surface area contributed by atoms with Crippen LogP contribution in [-0.4, -0.2) is 36.5 Å². The molecule has 5 aliphatic rings. The highest BCUT2D eigenvalue weighted by Gasteiger charge is 2.59. The quantitative estimate of drug-likeness (QED) is 0.361. The van der Waals surface area contributed by atoms with Gasteiger partial charge in [0.2, 0.25) is 0 Å². The van der Waals surface area contributed by atoms with Crippen LogP contribution in [0.25, 0.3) is 0 Å². The van der Waals surface area contributed by atoms with Crippen LogP contribution in [-0.2, 0) is 4.74 Å². The molecule has 8 unspecified atom stereocenters. The fraction of sp³-hybridized carbons (Fsp3) is 0.871. The van der Waals surface area contributed by atoms with E-state index in [4.69, 9.17) is 4.74 Å². The van der Waals surface area contributed by atoms with E-state index in [1.807, 2.05) is 0 Å². The van der Waals surface area contributed by atoms with E-state index in [1.165, 1.54) is 57.8 Å². The molecule has 3 saturated carbocycles. The molecular formula is C31H50N2O2. The van der Waals surface area contributed by atoms with E-state index in [0.717, 1.165) is 48.3 Å². The first-order valence-corrected chi connectivity index (χ1v) is 14.9. The van der Waals surface area contributed by atoms with Crippen molar-refractivity contribution < 1.29 is 9.53 Å². The van der Waals surface area contributed by atoms with Crippen molar-refractivity contribution in [1.29, 1.82) is 0 Å². The Morgan fingerprint density at radius 1 is 1.11 bits per heavy atom. The Labute approximate surface area is 214 Å². The lowest BCUT2D eigenvalue weighted by Crippen LogP contribution is -2.51. The fourth-order valence-electron chi connectivity index (χ4n) is 9.48. The number of rotatable bonds is 6. The minimum Gasteiger partial charge on any atom is -0.445 e. The van der Waals surface area contributed by atoms with Crippen LogP contribution in [0.2, 0.25) is 0 Å². The van der Waals surface area contributed by atoms with Crippen LogP contribution < -0.4 is 0 Å². The lowest BCUT2D eigenvalue weighted by molar-refractivity contribution is -0.0587. The minimum atomic E-state index is -0.206. The zero-order valence-corrected chi connectivity index (χ0v) is 23.1. The Kier molecular flexibility index (Phi) is 7.14. The summed E-state index contributed by atoms with van der Waals surface area (Å²) in [5, 5.41) is 0. The van der Waals surface area contributed by atoms with E-state index >= 15 is 0 Å². The maximum Gasteiger partial charge on any atom is 0.415 e. The number of carbonyl (C=O) groups excluding carboxylic acids is 1. The summed E-state index contributed by atoms with van der Waals surface area (Å²) in [5.74, 6) is 5.20. The number of carbonyl (C=O) groups is 1. The molecule has 0 spiro atoms. The summed E-state index contributed by atoms with van der Waals surface area (Å²) in [6.45, 7) is 13.9. The van der Waals surface area contributed by atoms with Gasteiger partial charge in [-0.2, -0.15) is 0 Å². The molecule has 8 atom stereocenters. The summed E-state index contributed by atoms with van der Waals surface area (Å²) in [6, 6.07) is 0. The molecule has 1 aliphatic heterocycles. The number of hydrogen-bond donors (Lipinski definition) is 0. The van der Waals surface area contributed by atoms with Crippen molar-refractivity contribution in [2.45, 2.75) is 111 Å². The van der Waals surface area contributed by atoms with Crippen molar-refractivity contribution >= 4 is 12.4 Å². The van der Waals surface area contributed by atoms with Crippen LogP contribution in [0.3, 0.4) is 0 Å². The first-order chi connectivity index (χ1) is 16.7. The molecule has 3 fully saturated rings. The van der Waals surface area contributed by atoms with Crippen LogP contribution in [0.4, 0.5) is 4.79 Å². The third kappa shape index (κ3) is 4.61. The number of amides is 1. The van der Waals surface area contributed by atoms with Crippen molar-refractivity contribution in [3.8, 4) is 0 Å². The zero-order valence-electron chi connectivity index (χ0n) is 23.1. The molecule has 35 heavy (non-hydrogen) atoms. The summed E-state index contributed by atoms with van der Waals surface area (Å²) in [4.78, 5) is 18.3. The maximum absolute atomic E-state index is 12.5. The van der Waals surface area contributed by atoms with Gasteiger partial charge >= 0.3 is 6.09 Å². The van der Waals surface area contributed by atoms with Gasteiger partial charge in [-0.15, -0.1) is 0 Å². The van der Waals surface area contributed by atoms with E-state index in [0.29, 0.717) is 23.9 Å². The molecule has 0 saturated heterocycles. The standard InChI is InChI=1S/C31H50N2O2/c1-21(2)7-6-8-22(3)26-11-12-27-25-10-9-23-19-24(35-29(34)33-18-17-32-20-33)13-15-30(23,4)28(25)14-16-31(26,27)5/h9,20-22,24-28H,6-8,10-19H2,1-5H3. The van der Waals surface area contributed by atoms with Gasteiger partial charge in [-0.05, 0) is 91.3 Å². The Balaban J connectivity index is 1.24. The van der Waals surface area contributed by atoms with Gasteiger partial charge in [-0.25, -0.2) is 4.79 Å². The number of fused-ring (bicyclic) bond motifs is 5. The Bertz CT molecular complexity index is 849. The van der Waals surface area contributed by atoms with Crippen molar-refractivity contribution in [2.24, 2.45) is 51.3 Å². The lowest BCUT2D eigenvalue weighted by atomic mass is 9.47. The number of nitrogens with zero attached hydrogens (tertiary/aromatic N) is 2. The van der Waals surface area contributed by atoms with Gasteiger partial charge in [-0.1, -0.05) is 65.5 Å². The Morgan fingerprint density at radius 3 is 2.69 bits per heavy atom. The van der Waals surface area contributed by atoms with Crippen LogP contribution in [0, 0.1) is 46.3 Å². The molecule has 0 bridgehead atoms. The van der Waals surface area contributed by atoms with Gasteiger partial charge in [0.25, 0.3) is 0 Å². The van der Waals surface area contributed by atoms with E-state index in [1.54, 1.807) is 16.8 Å². The summed E-state index contributed by atoms with van der Waals surface area (Å²) in [6.07, 6.45) is 18.4. The first kappa shape index (κ1) is 25.3. The average Bonchev–Trinajstić information content (AvgIpc) is 3.47. The minimum absolute atomic E-state index is 0.0313. The number of allylic oxidation sites excluding steroid dienone is 1. The largest absolute Gasteiger partial charge is 0.445 e. The van der Waals surface area contributed by atoms with Crippen LogP contribution >= 0.6 is 0 Å². The Hall–Kier alpha value is -1.32. The molecule has 0 aromatic rings. The highest BCUT2D eigenvalue weighted by molar-refractivity contribution is 5.83. The summed E-state index contributed by atoms with van der Waals surface area (Å²) in [5.41, 5.74) is 2.45. The highest BCUT2D eigenvalue weighted by atomic mass is 16.6. The maximum atomic E-state index is 12.5. The van der Waals surface area contributed by atoms with Crippen LogP contribution in [0.1, 0.15) is 105 Å². The normalized spacial score (nSPS) is 41.3. The molecule has 4 heteroatoms. The van der Waals surface area contributed by atoms with E-state index in [-0.39, 0.29) is 12.2 Å². The van der Waals surface area contributed by atoms with Crippen LogP contribution in [0.5, 0.6) is 0 Å². The molecule has 0 N–H and O–H groups in total. The molecule has 196 valence electrons. The van der Waals surface area contributed by atoms with Gasteiger partial charge in [0.15, 0.2) is 0 Å². The predicted octanol–water partition coefficient (Wildman–Crippen LogP) is 7.88. The average molecular weight is 483 g/mol. The summed E-state index contributed by atoms with van der Waals surface area (Å²) < 4.78 is 5.93. The zero-order chi connectivity index (χ0) is 24.8. The van der Waals surface area contributed by atoms with Gasteiger partial charge in [-0.3, -0.25) is 9.89 Å². The smallest absolute Gasteiger partial charge is 0.415 e. The summed E-state index contributed by atoms with van der Waals surface area (Å²) >= 11 is 0.